The number of hydrogen-bond acceptors (Lipinski definition) is 6. The van der Waals surface area contributed by atoms with Gasteiger partial charge in [-0.3, -0.25) is 14.0 Å². The molecule has 0 bridgehead atoms. The summed E-state index contributed by atoms with van der Waals surface area (Å²) in [7, 11) is 1.38. The van der Waals surface area contributed by atoms with Crippen molar-refractivity contribution in [1.82, 2.24) is 20.0 Å². The summed E-state index contributed by atoms with van der Waals surface area (Å²) in [5.41, 5.74) is 3.41. The first kappa shape index (κ1) is 31.0. The highest BCUT2D eigenvalue weighted by Gasteiger charge is 2.29. The zero-order chi connectivity index (χ0) is 30.4. The molecule has 9 nitrogen and oxygen atoms in total. The minimum Gasteiger partial charge on any atom is -0.496 e. The van der Waals surface area contributed by atoms with E-state index in [0.717, 1.165) is 30.4 Å². The molecule has 4 rings (SSSR count). The zero-order valence-corrected chi connectivity index (χ0v) is 24.6. The highest BCUT2D eigenvalue weighted by molar-refractivity contribution is 6.01. The maximum absolute atomic E-state index is 13.3. The number of benzene rings is 1. The van der Waals surface area contributed by atoms with E-state index in [9.17, 15) is 18.4 Å². The van der Waals surface area contributed by atoms with E-state index in [1.807, 2.05) is 43.5 Å². The average molecular weight is 585 g/mol. The van der Waals surface area contributed by atoms with Gasteiger partial charge in [-0.25, -0.2) is 4.98 Å². The average Bonchev–Trinajstić information content (AvgIpc) is 3.65. The molecule has 1 aliphatic rings. The van der Waals surface area contributed by atoms with Gasteiger partial charge in [0.15, 0.2) is 0 Å². The Morgan fingerprint density at radius 2 is 1.93 bits per heavy atom. The minimum atomic E-state index is -3.12. The molecule has 2 N–H and O–H groups in total. The molecule has 0 saturated heterocycles. The molecule has 226 valence electrons. The van der Waals surface area contributed by atoms with E-state index in [4.69, 9.17) is 14.2 Å². The molecule has 1 fully saturated rings. The van der Waals surface area contributed by atoms with Crippen LogP contribution in [-0.4, -0.2) is 59.7 Å². The molecular weight excluding hydrogens is 546 g/mol. The minimum absolute atomic E-state index is 0.0186. The Morgan fingerprint density at radius 3 is 2.57 bits per heavy atom. The second kappa shape index (κ2) is 13.3. The molecule has 2 amide bonds. The van der Waals surface area contributed by atoms with E-state index in [0.29, 0.717) is 29.9 Å². The van der Waals surface area contributed by atoms with Gasteiger partial charge in [0, 0.05) is 24.3 Å². The van der Waals surface area contributed by atoms with Crippen molar-refractivity contribution < 1.29 is 32.6 Å². The number of nitrogens with zero attached hydrogens (tertiary/aromatic N) is 2. The van der Waals surface area contributed by atoms with Gasteiger partial charge in [-0.05, 0) is 81.9 Å². The highest BCUT2D eigenvalue weighted by atomic mass is 19.3. The normalized spacial score (nSPS) is 13.9. The van der Waals surface area contributed by atoms with Crippen molar-refractivity contribution in [3.05, 3.63) is 53.9 Å². The number of halogens is 2. The van der Waals surface area contributed by atoms with Crippen LogP contribution in [0.25, 0.3) is 22.5 Å². The quantitative estimate of drug-likeness (QED) is 0.253. The van der Waals surface area contributed by atoms with Crippen LogP contribution < -0.4 is 20.1 Å². The molecule has 3 aromatic rings. The number of aromatic nitrogens is 2. The zero-order valence-electron chi connectivity index (χ0n) is 24.6. The first-order valence-electron chi connectivity index (χ1n) is 14.0. The molecular formula is C31H38F2N4O5. The van der Waals surface area contributed by atoms with Gasteiger partial charge >= 0.3 is 6.61 Å². The molecule has 2 heterocycles. The first-order chi connectivity index (χ1) is 20.0. The van der Waals surface area contributed by atoms with E-state index in [-0.39, 0.29) is 41.2 Å². The second-order valence-corrected chi connectivity index (χ2v) is 11.1. The van der Waals surface area contributed by atoms with Crippen LogP contribution in [0.1, 0.15) is 69.3 Å². The highest BCUT2D eigenvalue weighted by Crippen LogP contribution is 2.37. The predicted molar refractivity (Wildman–Crippen MR) is 156 cm³/mol. The summed E-state index contributed by atoms with van der Waals surface area (Å²) >= 11 is 0. The molecule has 2 aromatic heterocycles. The van der Waals surface area contributed by atoms with Crippen molar-refractivity contribution in [2.75, 3.05) is 20.3 Å². The number of pyridine rings is 1. The first-order valence-corrected chi connectivity index (χ1v) is 14.0. The van der Waals surface area contributed by atoms with Gasteiger partial charge in [0.1, 0.15) is 29.3 Å². The van der Waals surface area contributed by atoms with Crippen molar-refractivity contribution in [1.29, 1.82) is 0 Å². The number of hydrogen-bond donors (Lipinski definition) is 2. The van der Waals surface area contributed by atoms with Crippen molar-refractivity contribution in [2.24, 2.45) is 0 Å². The SMILES string of the molecule is CC/C(=C\CCNC(=O)COC(C)(C)C)c1ccn2c(-c3cc(OC)c(C(=O)NC4CC4)c(OC(F)F)c3)cnc2c1. The van der Waals surface area contributed by atoms with Gasteiger partial charge in [0.25, 0.3) is 5.91 Å². The lowest BCUT2D eigenvalue weighted by Crippen LogP contribution is -2.32. The van der Waals surface area contributed by atoms with Crippen LogP contribution in [0.15, 0.2) is 42.7 Å². The van der Waals surface area contributed by atoms with E-state index >= 15 is 0 Å². The standard InChI is InChI=1S/C31H38F2N4O5/c1-6-19(8-7-12-34-27(38)18-41-31(2,3)4)20-11-13-37-23(17-35-26(37)16-20)21-14-24(40-5)28(25(15-21)42-30(32)33)29(39)36-22-9-10-22/h8,11,13-17,22,30H,6-7,9-10,12,18H2,1-5H3,(H,34,38)(H,36,39)/b19-8+. The van der Waals surface area contributed by atoms with Crippen LogP contribution in [0.2, 0.25) is 0 Å². The number of fused-ring (bicyclic) bond motifs is 1. The number of carbonyl (C=O) groups excluding carboxylic acids is 2. The lowest BCUT2D eigenvalue weighted by Gasteiger charge is -2.18. The molecule has 0 atom stereocenters. The van der Waals surface area contributed by atoms with Gasteiger partial charge in [-0.2, -0.15) is 8.78 Å². The molecule has 11 heteroatoms. The lowest BCUT2D eigenvalue weighted by molar-refractivity contribution is -0.130. The van der Waals surface area contributed by atoms with Crippen molar-refractivity contribution in [2.45, 2.75) is 71.6 Å². The number of alkyl halides is 2. The molecule has 0 unspecified atom stereocenters. The third kappa shape index (κ3) is 8.06. The van der Waals surface area contributed by atoms with E-state index in [1.54, 1.807) is 12.3 Å². The Kier molecular flexibility index (Phi) is 9.82. The summed E-state index contributed by atoms with van der Waals surface area (Å²) in [5, 5.41) is 5.67. The third-order valence-corrected chi connectivity index (χ3v) is 6.70. The van der Waals surface area contributed by atoms with Crippen LogP contribution in [-0.2, 0) is 9.53 Å². The Bertz CT molecular complexity index is 1460. The van der Waals surface area contributed by atoms with Crippen LogP contribution >= 0.6 is 0 Å². The number of carbonyl (C=O) groups is 2. The van der Waals surface area contributed by atoms with Crippen molar-refractivity contribution in [3.8, 4) is 22.8 Å². The van der Waals surface area contributed by atoms with Crippen LogP contribution in [0.4, 0.5) is 8.78 Å². The number of methoxy groups -OCH3 is 1. The molecule has 0 radical (unpaired) electrons. The van der Waals surface area contributed by atoms with Gasteiger partial charge in [0.05, 0.1) is 24.6 Å². The summed E-state index contributed by atoms with van der Waals surface area (Å²) in [4.78, 5) is 29.4. The number of imidazole rings is 1. The number of amides is 2. The third-order valence-electron chi connectivity index (χ3n) is 6.70. The van der Waals surface area contributed by atoms with Crippen LogP contribution in [0.5, 0.6) is 11.5 Å². The van der Waals surface area contributed by atoms with E-state index in [1.165, 1.54) is 13.2 Å². The van der Waals surface area contributed by atoms with Crippen molar-refractivity contribution in [3.63, 3.8) is 0 Å². The summed E-state index contributed by atoms with van der Waals surface area (Å²) < 4.78 is 44.2. The molecule has 1 aliphatic carbocycles. The van der Waals surface area contributed by atoms with Gasteiger partial charge in [0.2, 0.25) is 5.91 Å². The molecule has 0 aliphatic heterocycles. The monoisotopic (exact) mass is 584 g/mol. The largest absolute Gasteiger partial charge is 0.496 e. The Labute approximate surface area is 244 Å². The number of nitrogens with one attached hydrogen (secondary N) is 2. The molecule has 1 aromatic carbocycles. The molecule has 1 saturated carbocycles. The van der Waals surface area contributed by atoms with Gasteiger partial charge in [-0.1, -0.05) is 13.0 Å². The summed E-state index contributed by atoms with van der Waals surface area (Å²) in [6.45, 7) is 5.15. The summed E-state index contributed by atoms with van der Waals surface area (Å²) in [5.74, 6) is -0.812. The molecule has 0 spiro atoms. The fourth-order valence-corrected chi connectivity index (χ4v) is 4.45. The number of rotatable bonds is 13. The Morgan fingerprint density at radius 1 is 1.19 bits per heavy atom. The van der Waals surface area contributed by atoms with Crippen molar-refractivity contribution >= 4 is 23.0 Å². The summed E-state index contributed by atoms with van der Waals surface area (Å²) in [6, 6.07) is 6.96. The van der Waals surface area contributed by atoms with Crippen LogP contribution in [0.3, 0.4) is 0 Å². The number of ether oxygens (including phenoxy) is 3. The maximum Gasteiger partial charge on any atom is 0.387 e. The Hall–Kier alpha value is -3.99. The smallest absolute Gasteiger partial charge is 0.387 e. The van der Waals surface area contributed by atoms with Gasteiger partial charge < -0.3 is 24.8 Å². The topological polar surface area (TPSA) is 103 Å². The van der Waals surface area contributed by atoms with Crippen LogP contribution in [0, 0.1) is 0 Å². The van der Waals surface area contributed by atoms with E-state index < -0.39 is 12.5 Å². The number of allylic oxidation sites excluding steroid dienone is 1. The summed E-state index contributed by atoms with van der Waals surface area (Å²) in [6.07, 6.45) is 8.71. The van der Waals surface area contributed by atoms with E-state index in [2.05, 4.69) is 28.6 Å². The second-order valence-electron chi connectivity index (χ2n) is 11.1. The lowest BCUT2D eigenvalue weighted by atomic mass is 10.0. The van der Waals surface area contributed by atoms with Gasteiger partial charge in [-0.15, -0.1) is 0 Å². The molecule has 42 heavy (non-hydrogen) atoms. The maximum atomic E-state index is 13.3. The predicted octanol–water partition coefficient (Wildman–Crippen LogP) is 5.62. The fourth-order valence-electron chi connectivity index (χ4n) is 4.45. The fraction of sp³-hybridized carbons (Fsp3) is 0.452. The Balaban J connectivity index is 1.55.